The molecule has 92 valence electrons. The van der Waals surface area contributed by atoms with Crippen LogP contribution in [0.25, 0.3) is 0 Å². The molecule has 1 aliphatic carbocycles. The number of aliphatic hydroxyl groups excluding tert-OH is 1. The van der Waals surface area contributed by atoms with Crippen LogP contribution in [0.3, 0.4) is 0 Å². The van der Waals surface area contributed by atoms with Gasteiger partial charge >= 0.3 is 0 Å². The number of nitrogens with one attached hydrogen (secondary N) is 2. The molecule has 17 heavy (non-hydrogen) atoms. The summed E-state index contributed by atoms with van der Waals surface area (Å²) in [6.45, 7) is 0.243. The van der Waals surface area contributed by atoms with Crippen LogP contribution in [-0.4, -0.2) is 30.2 Å². The maximum atomic E-state index is 11.6. The average Bonchev–Trinajstić information content (AvgIpc) is 3.18. The molecule has 0 saturated heterocycles. The molecule has 2 rings (SSSR count). The molecule has 1 aromatic carbocycles. The van der Waals surface area contributed by atoms with Crippen molar-refractivity contribution in [3.63, 3.8) is 0 Å². The lowest BCUT2D eigenvalue weighted by Gasteiger charge is -2.16. The largest absolute Gasteiger partial charge is 0.394 e. The van der Waals surface area contributed by atoms with Crippen molar-refractivity contribution in [3.8, 4) is 0 Å². The Kier molecular flexibility index (Phi) is 4.12. The zero-order chi connectivity index (χ0) is 12.1. The lowest BCUT2D eigenvalue weighted by atomic mass is 10.1. The first-order valence-corrected chi connectivity index (χ1v) is 5.98. The molecule has 0 radical (unpaired) electrons. The van der Waals surface area contributed by atoms with Crippen LogP contribution in [0.1, 0.15) is 24.4 Å². The molecule has 0 spiro atoms. The number of amides is 1. The van der Waals surface area contributed by atoms with Gasteiger partial charge in [0.15, 0.2) is 0 Å². The van der Waals surface area contributed by atoms with E-state index in [2.05, 4.69) is 10.6 Å². The van der Waals surface area contributed by atoms with Gasteiger partial charge in [-0.2, -0.15) is 0 Å². The van der Waals surface area contributed by atoms with Crippen molar-refractivity contribution in [3.05, 3.63) is 35.9 Å². The Morgan fingerprint density at radius 3 is 2.65 bits per heavy atom. The second-order valence-corrected chi connectivity index (χ2v) is 4.37. The summed E-state index contributed by atoms with van der Waals surface area (Å²) in [5.74, 6) is -0.0696. The highest BCUT2D eigenvalue weighted by atomic mass is 16.3. The fourth-order valence-electron chi connectivity index (χ4n) is 1.69. The smallest absolute Gasteiger partial charge is 0.234 e. The number of rotatable bonds is 6. The molecule has 0 heterocycles. The number of aliphatic hydroxyl groups is 1. The second-order valence-electron chi connectivity index (χ2n) is 4.37. The van der Waals surface area contributed by atoms with Gasteiger partial charge in [0, 0.05) is 6.04 Å². The Balaban J connectivity index is 1.83. The van der Waals surface area contributed by atoms with E-state index in [0.29, 0.717) is 12.6 Å². The van der Waals surface area contributed by atoms with Crippen LogP contribution in [0.15, 0.2) is 30.3 Å². The van der Waals surface area contributed by atoms with Crippen LogP contribution in [0.2, 0.25) is 0 Å². The fourth-order valence-corrected chi connectivity index (χ4v) is 1.69. The molecule has 1 saturated carbocycles. The standard InChI is InChI=1S/C13H18N2O2/c16-9-12(10-4-2-1-3-5-10)15-13(17)8-14-11-6-7-11/h1-5,11-12,14,16H,6-9H2,(H,15,17). The van der Waals surface area contributed by atoms with Gasteiger partial charge in [-0.3, -0.25) is 4.79 Å². The third-order valence-electron chi connectivity index (χ3n) is 2.85. The van der Waals surface area contributed by atoms with Gasteiger partial charge in [-0.25, -0.2) is 0 Å². The number of carbonyl (C=O) groups excluding carboxylic acids is 1. The molecule has 4 heteroatoms. The lowest BCUT2D eigenvalue weighted by Crippen LogP contribution is -2.38. The number of benzene rings is 1. The predicted octanol–water partition coefficient (Wildman–Crippen LogP) is 0.588. The lowest BCUT2D eigenvalue weighted by molar-refractivity contribution is -0.121. The van der Waals surface area contributed by atoms with E-state index in [4.69, 9.17) is 0 Å². The minimum absolute atomic E-state index is 0.0696. The molecule has 1 unspecified atom stereocenters. The van der Waals surface area contributed by atoms with Crippen molar-refractivity contribution in [2.24, 2.45) is 0 Å². The van der Waals surface area contributed by atoms with E-state index < -0.39 is 0 Å². The van der Waals surface area contributed by atoms with Gasteiger partial charge in [0.25, 0.3) is 0 Å². The van der Waals surface area contributed by atoms with Crippen LogP contribution in [0.5, 0.6) is 0 Å². The van der Waals surface area contributed by atoms with Crippen molar-refractivity contribution in [1.82, 2.24) is 10.6 Å². The molecular weight excluding hydrogens is 216 g/mol. The van der Waals surface area contributed by atoms with Gasteiger partial charge in [0.2, 0.25) is 5.91 Å². The first kappa shape index (κ1) is 12.1. The van der Waals surface area contributed by atoms with E-state index in [1.807, 2.05) is 30.3 Å². The maximum absolute atomic E-state index is 11.6. The SMILES string of the molecule is O=C(CNC1CC1)NC(CO)c1ccccc1. The highest BCUT2D eigenvalue weighted by Gasteiger charge is 2.21. The third kappa shape index (κ3) is 3.84. The van der Waals surface area contributed by atoms with Crippen LogP contribution in [0, 0.1) is 0 Å². The van der Waals surface area contributed by atoms with Crippen LogP contribution in [-0.2, 0) is 4.79 Å². The Morgan fingerprint density at radius 2 is 2.06 bits per heavy atom. The Bertz CT molecular complexity index is 363. The normalized spacial score (nSPS) is 16.5. The van der Waals surface area contributed by atoms with E-state index >= 15 is 0 Å². The van der Waals surface area contributed by atoms with E-state index in [0.717, 1.165) is 18.4 Å². The maximum Gasteiger partial charge on any atom is 0.234 e. The summed E-state index contributed by atoms with van der Waals surface area (Å²) in [4.78, 5) is 11.6. The summed E-state index contributed by atoms with van der Waals surface area (Å²) in [5, 5.41) is 15.2. The summed E-state index contributed by atoms with van der Waals surface area (Å²) in [6, 6.07) is 9.70. The molecule has 1 atom stereocenters. The first-order valence-electron chi connectivity index (χ1n) is 5.98. The number of carbonyl (C=O) groups is 1. The van der Waals surface area contributed by atoms with Crippen LogP contribution in [0.4, 0.5) is 0 Å². The molecule has 1 amide bonds. The quantitative estimate of drug-likeness (QED) is 0.675. The summed E-state index contributed by atoms with van der Waals surface area (Å²) >= 11 is 0. The average molecular weight is 234 g/mol. The number of hydrogen-bond donors (Lipinski definition) is 3. The zero-order valence-electron chi connectivity index (χ0n) is 9.73. The second kappa shape index (κ2) is 5.80. The van der Waals surface area contributed by atoms with Crippen molar-refractivity contribution < 1.29 is 9.90 Å². The first-order chi connectivity index (χ1) is 8.29. The molecule has 0 aromatic heterocycles. The molecule has 0 aliphatic heterocycles. The van der Waals surface area contributed by atoms with Gasteiger partial charge in [-0.1, -0.05) is 30.3 Å². The zero-order valence-corrected chi connectivity index (χ0v) is 9.73. The van der Waals surface area contributed by atoms with Crippen molar-refractivity contribution in [1.29, 1.82) is 0 Å². The summed E-state index contributed by atoms with van der Waals surface area (Å²) in [6.07, 6.45) is 2.32. The van der Waals surface area contributed by atoms with E-state index in [9.17, 15) is 9.90 Å². The molecule has 4 nitrogen and oxygen atoms in total. The third-order valence-corrected chi connectivity index (χ3v) is 2.85. The molecule has 1 aromatic rings. The van der Waals surface area contributed by atoms with E-state index in [1.54, 1.807) is 0 Å². The molecule has 0 bridgehead atoms. The minimum Gasteiger partial charge on any atom is -0.394 e. The monoisotopic (exact) mass is 234 g/mol. The molecule has 3 N–H and O–H groups in total. The van der Waals surface area contributed by atoms with E-state index in [1.165, 1.54) is 0 Å². The van der Waals surface area contributed by atoms with Gasteiger partial charge in [-0.15, -0.1) is 0 Å². The van der Waals surface area contributed by atoms with Crippen LogP contribution < -0.4 is 10.6 Å². The van der Waals surface area contributed by atoms with Crippen molar-refractivity contribution in [2.45, 2.75) is 24.9 Å². The summed E-state index contributed by atoms with van der Waals surface area (Å²) in [5.41, 5.74) is 0.926. The van der Waals surface area contributed by atoms with Gasteiger partial charge in [-0.05, 0) is 18.4 Å². The Hall–Kier alpha value is -1.39. The van der Waals surface area contributed by atoms with Gasteiger partial charge in [0.1, 0.15) is 0 Å². The Morgan fingerprint density at radius 1 is 1.35 bits per heavy atom. The molecule has 1 fully saturated rings. The predicted molar refractivity (Wildman–Crippen MR) is 65.4 cm³/mol. The van der Waals surface area contributed by atoms with E-state index in [-0.39, 0.29) is 18.6 Å². The fraction of sp³-hybridized carbons (Fsp3) is 0.462. The molecule has 1 aliphatic rings. The minimum atomic E-state index is -0.315. The summed E-state index contributed by atoms with van der Waals surface area (Å²) < 4.78 is 0. The highest BCUT2D eigenvalue weighted by molar-refractivity contribution is 5.78. The number of hydrogen-bond acceptors (Lipinski definition) is 3. The van der Waals surface area contributed by atoms with Crippen LogP contribution >= 0.6 is 0 Å². The van der Waals surface area contributed by atoms with Gasteiger partial charge < -0.3 is 15.7 Å². The van der Waals surface area contributed by atoms with Crippen molar-refractivity contribution in [2.75, 3.05) is 13.2 Å². The van der Waals surface area contributed by atoms with Gasteiger partial charge in [0.05, 0.1) is 19.2 Å². The topological polar surface area (TPSA) is 61.4 Å². The highest BCUT2D eigenvalue weighted by Crippen LogP contribution is 2.18. The Labute approximate surface area is 101 Å². The van der Waals surface area contributed by atoms with Crippen molar-refractivity contribution >= 4 is 5.91 Å². The molecular formula is C13H18N2O2. The summed E-state index contributed by atoms with van der Waals surface area (Å²) in [7, 11) is 0.